The van der Waals surface area contributed by atoms with Crippen molar-refractivity contribution < 1.29 is 4.79 Å². The van der Waals surface area contributed by atoms with E-state index < -0.39 is 0 Å². The Morgan fingerprint density at radius 2 is 1.52 bits per heavy atom. The van der Waals surface area contributed by atoms with Gasteiger partial charge in [-0.3, -0.25) is 9.69 Å². The molecule has 29 heavy (non-hydrogen) atoms. The number of benzene rings is 3. The quantitative estimate of drug-likeness (QED) is 0.600. The molecule has 0 aromatic heterocycles. The summed E-state index contributed by atoms with van der Waals surface area (Å²) in [4.78, 5) is 15.0. The van der Waals surface area contributed by atoms with Crippen LogP contribution in [0.4, 0.5) is 0 Å². The van der Waals surface area contributed by atoms with E-state index >= 15 is 0 Å². The van der Waals surface area contributed by atoms with Crippen LogP contribution in [0.1, 0.15) is 34.0 Å². The van der Waals surface area contributed by atoms with Gasteiger partial charge in [0, 0.05) is 6.54 Å². The highest BCUT2D eigenvalue weighted by Gasteiger charge is 2.38. The lowest BCUT2D eigenvalue weighted by Crippen LogP contribution is -2.28. The Balaban J connectivity index is 1.65. The molecule has 4 nitrogen and oxygen atoms in total. The molecule has 4 rings (SSSR count). The van der Waals surface area contributed by atoms with Crippen LogP contribution in [0.25, 0.3) is 0 Å². The molecule has 0 bridgehead atoms. The topological polar surface area (TPSA) is 35.9 Å². The Morgan fingerprint density at radius 3 is 2.17 bits per heavy atom. The van der Waals surface area contributed by atoms with Crippen LogP contribution in [0.2, 0.25) is 0 Å². The van der Waals surface area contributed by atoms with Gasteiger partial charge in [0.25, 0.3) is 5.91 Å². The Kier molecular flexibility index (Phi) is 5.54. The Hall–Kier alpha value is -3.24. The van der Waals surface area contributed by atoms with Crippen LogP contribution in [-0.2, 0) is 11.3 Å². The van der Waals surface area contributed by atoms with Gasteiger partial charge < -0.3 is 0 Å². The van der Waals surface area contributed by atoms with E-state index in [-0.39, 0.29) is 12.1 Å². The lowest BCUT2D eigenvalue weighted by molar-refractivity contribution is -0.128. The number of carbonyl (C=O) groups is 1. The highest BCUT2D eigenvalue weighted by molar-refractivity contribution is 5.84. The summed E-state index contributed by atoms with van der Waals surface area (Å²) in [6, 6.07) is 26.7. The third-order valence-electron chi connectivity index (χ3n) is 5.18. The minimum Gasteiger partial charge on any atom is -0.271 e. The number of amides is 1. The molecule has 0 spiro atoms. The first-order chi connectivity index (χ1) is 14.1. The standard InChI is InChI=1S/C25H25N3O/c1-19-8-12-21(13-9-19)16-26-28-24(29)18-27(17-22-6-4-3-5-7-22)25(28)23-14-10-20(2)11-15-23/h3-16,25H,17-18H2,1-2H3/b26-16-/t25-/m1/s1. The molecular weight excluding hydrogens is 358 g/mol. The summed E-state index contributed by atoms with van der Waals surface area (Å²) in [5, 5.41) is 6.21. The van der Waals surface area contributed by atoms with Crippen molar-refractivity contribution in [3.63, 3.8) is 0 Å². The molecule has 0 unspecified atom stereocenters. The maximum atomic E-state index is 12.9. The molecule has 1 atom stereocenters. The molecule has 1 fully saturated rings. The third-order valence-corrected chi connectivity index (χ3v) is 5.18. The summed E-state index contributed by atoms with van der Waals surface area (Å²) in [5.41, 5.74) is 5.63. The SMILES string of the molecule is Cc1ccc(/C=N\N2C(=O)CN(Cc3ccccc3)[C@H]2c2ccc(C)cc2)cc1. The summed E-state index contributed by atoms with van der Waals surface area (Å²) in [6.07, 6.45) is 1.55. The van der Waals surface area contributed by atoms with Crippen LogP contribution in [0.3, 0.4) is 0 Å². The van der Waals surface area contributed by atoms with Crippen molar-refractivity contribution in [1.29, 1.82) is 0 Å². The smallest absolute Gasteiger partial charge is 0.258 e. The van der Waals surface area contributed by atoms with Crippen molar-refractivity contribution in [2.75, 3.05) is 6.54 Å². The summed E-state index contributed by atoms with van der Waals surface area (Å²) in [5.74, 6) is 0.00914. The molecule has 3 aromatic carbocycles. The monoisotopic (exact) mass is 383 g/mol. The van der Waals surface area contributed by atoms with Crippen LogP contribution in [0.5, 0.6) is 0 Å². The first-order valence-corrected chi connectivity index (χ1v) is 9.87. The average Bonchev–Trinajstić information content (AvgIpc) is 3.04. The molecule has 1 saturated heterocycles. The molecule has 146 valence electrons. The van der Waals surface area contributed by atoms with Gasteiger partial charge in [-0.1, -0.05) is 90.0 Å². The van der Waals surface area contributed by atoms with E-state index in [2.05, 4.69) is 60.2 Å². The molecular formula is C25H25N3O. The van der Waals surface area contributed by atoms with Gasteiger partial charge in [0.1, 0.15) is 6.17 Å². The fraction of sp³-hybridized carbons (Fsp3) is 0.200. The van der Waals surface area contributed by atoms with E-state index in [1.165, 1.54) is 16.7 Å². The predicted molar refractivity (Wildman–Crippen MR) is 116 cm³/mol. The number of carbonyl (C=O) groups excluding carboxylic acids is 1. The number of rotatable bonds is 5. The van der Waals surface area contributed by atoms with Gasteiger partial charge in [-0.25, -0.2) is 5.01 Å². The third kappa shape index (κ3) is 4.44. The molecule has 0 radical (unpaired) electrons. The zero-order valence-corrected chi connectivity index (χ0v) is 16.8. The zero-order chi connectivity index (χ0) is 20.2. The van der Waals surface area contributed by atoms with Crippen LogP contribution in [-0.4, -0.2) is 28.6 Å². The molecule has 4 heteroatoms. The van der Waals surface area contributed by atoms with Crippen LogP contribution in [0, 0.1) is 13.8 Å². The van der Waals surface area contributed by atoms with E-state index in [9.17, 15) is 4.79 Å². The van der Waals surface area contributed by atoms with Crippen molar-refractivity contribution in [1.82, 2.24) is 9.91 Å². The number of hydrogen-bond donors (Lipinski definition) is 0. The van der Waals surface area contributed by atoms with E-state index in [0.29, 0.717) is 13.1 Å². The van der Waals surface area contributed by atoms with Crippen molar-refractivity contribution in [3.8, 4) is 0 Å². The van der Waals surface area contributed by atoms with Gasteiger partial charge in [-0.15, -0.1) is 0 Å². The van der Waals surface area contributed by atoms with Gasteiger partial charge in [-0.2, -0.15) is 5.10 Å². The van der Waals surface area contributed by atoms with Crippen molar-refractivity contribution in [3.05, 3.63) is 107 Å². The predicted octanol–water partition coefficient (Wildman–Crippen LogP) is 4.68. The molecule has 0 N–H and O–H groups in total. The molecule has 0 saturated carbocycles. The molecule has 0 aliphatic carbocycles. The fourth-order valence-corrected chi connectivity index (χ4v) is 3.58. The lowest BCUT2D eigenvalue weighted by Gasteiger charge is -2.27. The number of aryl methyl sites for hydroxylation is 2. The summed E-state index contributed by atoms with van der Waals surface area (Å²) < 4.78 is 0. The van der Waals surface area contributed by atoms with Crippen LogP contribution < -0.4 is 0 Å². The van der Waals surface area contributed by atoms with Crippen molar-refractivity contribution >= 4 is 12.1 Å². The largest absolute Gasteiger partial charge is 0.271 e. The normalized spacial score (nSPS) is 17.4. The molecule has 1 aliphatic rings. The Bertz CT molecular complexity index is 995. The Morgan fingerprint density at radius 1 is 0.897 bits per heavy atom. The van der Waals surface area contributed by atoms with Crippen LogP contribution >= 0.6 is 0 Å². The van der Waals surface area contributed by atoms with Gasteiger partial charge in [0.05, 0.1) is 12.8 Å². The maximum absolute atomic E-state index is 12.9. The molecule has 1 heterocycles. The van der Waals surface area contributed by atoms with Crippen molar-refractivity contribution in [2.24, 2.45) is 5.10 Å². The summed E-state index contributed by atoms with van der Waals surface area (Å²) in [7, 11) is 0. The van der Waals surface area contributed by atoms with Gasteiger partial charge in [-0.05, 0) is 30.5 Å². The zero-order valence-electron chi connectivity index (χ0n) is 16.8. The first-order valence-electron chi connectivity index (χ1n) is 9.87. The minimum atomic E-state index is -0.218. The molecule has 1 amide bonds. The fourth-order valence-electron chi connectivity index (χ4n) is 3.58. The number of nitrogens with zero attached hydrogens (tertiary/aromatic N) is 3. The van der Waals surface area contributed by atoms with Gasteiger partial charge >= 0.3 is 0 Å². The summed E-state index contributed by atoms with van der Waals surface area (Å²) in [6.45, 7) is 5.17. The second kappa shape index (κ2) is 8.41. The van der Waals surface area contributed by atoms with Crippen LogP contribution in [0.15, 0.2) is 84.0 Å². The van der Waals surface area contributed by atoms with Gasteiger partial charge in [0.2, 0.25) is 0 Å². The maximum Gasteiger partial charge on any atom is 0.258 e. The lowest BCUT2D eigenvalue weighted by atomic mass is 10.1. The number of hydrogen-bond acceptors (Lipinski definition) is 3. The van der Waals surface area contributed by atoms with E-state index in [1.54, 1.807) is 11.2 Å². The first kappa shape index (κ1) is 19.1. The van der Waals surface area contributed by atoms with Gasteiger partial charge in [0.15, 0.2) is 0 Å². The second-order valence-corrected chi connectivity index (χ2v) is 7.57. The Labute approximate surface area is 172 Å². The average molecular weight is 383 g/mol. The van der Waals surface area contributed by atoms with Crippen molar-refractivity contribution in [2.45, 2.75) is 26.6 Å². The second-order valence-electron chi connectivity index (χ2n) is 7.57. The van der Waals surface area contributed by atoms with E-state index in [4.69, 9.17) is 0 Å². The van der Waals surface area contributed by atoms with E-state index in [1.807, 2.05) is 42.5 Å². The minimum absolute atomic E-state index is 0.00914. The molecule has 3 aromatic rings. The molecule has 1 aliphatic heterocycles. The number of hydrazone groups is 1. The highest BCUT2D eigenvalue weighted by Crippen LogP contribution is 2.32. The highest BCUT2D eigenvalue weighted by atomic mass is 16.2. The summed E-state index contributed by atoms with van der Waals surface area (Å²) >= 11 is 0. The van der Waals surface area contributed by atoms with E-state index in [0.717, 1.165) is 11.1 Å².